The number of nitrogens with zero attached hydrogens (tertiary/aromatic N) is 3. The van der Waals surface area contributed by atoms with E-state index in [0.717, 1.165) is 10.2 Å². The number of hydrogen-bond acceptors (Lipinski definition) is 5. The van der Waals surface area contributed by atoms with Crippen LogP contribution in [0.2, 0.25) is 0 Å². The number of hydrogen-bond donors (Lipinski definition) is 1. The Morgan fingerprint density at radius 2 is 2.00 bits per heavy atom. The van der Waals surface area contributed by atoms with Crippen LogP contribution in [0.25, 0.3) is 10.2 Å². The fourth-order valence-corrected chi connectivity index (χ4v) is 4.42. The largest absolute Gasteiger partial charge is 0.337 e. The van der Waals surface area contributed by atoms with E-state index >= 15 is 0 Å². The number of piperidine rings is 1. The van der Waals surface area contributed by atoms with E-state index in [2.05, 4.69) is 31.1 Å². The zero-order valence-electron chi connectivity index (χ0n) is 13.2. The van der Waals surface area contributed by atoms with Gasteiger partial charge in [-0.15, -0.1) is 11.3 Å². The fraction of sp³-hybridized carbons (Fsp3) is 0.294. The zero-order valence-corrected chi connectivity index (χ0v) is 15.6. The summed E-state index contributed by atoms with van der Waals surface area (Å²) in [6.07, 6.45) is 2.88. The molecule has 1 aromatic carbocycles. The van der Waals surface area contributed by atoms with Crippen molar-refractivity contribution < 1.29 is 9.59 Å². The second kappa shape index (κ2) is 6.68. The minimum atomic E-state index is -0.0877. The Kier molecular flexibility index (Phi) is 4.39. The van der Waals surface area contributed by atoms with E-state index in [9.17, 15) is 9.59 Å². The predicted octanol–water partition coefficient (Wildman–Crippen LogP) is 3.52. The van der Waals surface area contributed by atoms with Crippen LogP contribution in [0.1, 0.15) is 33.1 Å². The molecule has 0 bridgehead atoms. The maximum Gasteiger partial charge on any atom is 0.273 e. The summed E-state index contributed by atoms with van der Waals surface area (Å²) >= 11 is 4.76. The van der Waals surface area contributed by atoms with E-state index in [4.69, 9.17) is 0 Å². The number of Topliss-reactive ketones (excluding diaryl/α,β-unsaturated/α-hetero) is 1. The number of amides is 1. The molecule has 0 radical (unpaired) electrons. The van der Waals surface area contributed by atoms with Gasteiger partial charge in [0.2, 0.25) is 0 Å². The number of aromatic nitrogens is 3. The normalized spacial score (nSPS) is 15.6. The average molecular weight is 419 g/mol. The van der Waals surface area contributed by atoms with Gasteiger partial charge in [-0.05, 0) is 40.9 Å². The van der Waals surface area contributed by atoms with Gasteiger partial charge < -0.3 is 4.90 Å². The van der Waals surface area contributed by atoms with Crippen molar-refractivity contribution in [2.45, 2.75) is 12.8 Å². The quantitative estimate of drug-likeness (QED) is 0.659. The molecule has 2 aromatic heterocycles. The molecule has 8 heteroatoms. The SMILES string of the molecule is O=C(c1nc2ccccc2s1)C1CCN(C(=O)c2[nH]ncc2Br)CC1. The maximum absolute atomic E-state index is 12.7. The van der Waals surface area contributed by atoms with Crippen molar-refractivity contribution >= 4 is 49.2 Å². The summed E-state index contributed by atoms with van der Waals surface area (Å²) in [5.41, 5.74) is 1.32. The second-order valence-electron chi connectivity index (χ2n) is 6.01. The Morgan fingerprint density at radius 3 is 2.68 bits per heavy atom. The topological polar surface area (TPSA) is 79.0 Å². The van der Waals surface area contributed by atoms with Crippen LogP contribution in [0.5, 0.6) is 0 Å². The Hall–Kier alpha value is -2.06. The first-order chi connectivity index (χ1) is 12.1. The molecule has 1 amide bonds. The third kappa shape index (κ3) is 3.11. The smallest absolute Gasteiger partial charge is 0.273 e. The molecule has 0 spiro atoms. The van der Waals surface area contributed by atoms with Gasteiger partial charge in [0, 0.05) is 19.0 Å². The van der Waals surface area contributed by atoms with Crippen LogP contribution < -0.4 is 0 Å². The molecule has 0 unspecified atom stereocenters. The van der Waals surface area contributed by atoms with E-state index in [1.165, 1.54) is 11.3 Å². The van der Waals surface area contributed by atoms with Gasteiger partial charge in [-0.3, -0.25) is 14.7 Å². The molecule has 0 saturated carbocycles. The van der Waals surface area contributed by atoms with E-state index in [-0.39, 0.29) is 17.6 Å². The minimum Gasteiger partial charge on any atom is -0.337 e. The molecule has 1 aliphatic heterocycles. The number of para-hydroxylation sites is 1. The van der Waals surface area contributed by atoms with Gasteiger partial charge >= 0.3 is 0 Å². The van der Waals surface area contributed by atoms with E-state index in [1.807, 2.05) is 24.3 Å². The number of likely N-dealkylation sites (tertiary alicyclic amines) is 1. The maximum atomic E-state index is 12.7. The van der Waals surface area contributed by atoms with Crippen LogP contribution >= 0.6 is 27.3 Å². The predicted molar refractivity (Wildman–Crippen MR) is 98.9 cm³/mol. The molecule has 1 fully saturated rings. The highest BCUT2D eigenvalue weighted by molar-refractivity contribution is 9.10. The Balaban J connectivity index is 1.43. The molecule has 0 aliphatic carbocycles. The van der Waals surface area contributed by atoms with Crippen molar-refractivity contribution in [2.75, 3.05) is 13.1 Å². The summed E-state index contributed by atoms with van der Waals surface area (Å²) in [5.74, 6) is -0.0684. The Labute approximate surface area is 156 Å². The van der Waals surface area contributed by atoms with Crippen molar-refractivity contribution in [2.24, 2.45) is 5.92 Å². The van der Waals surface area contributed by atoms with Gasteiger partial charge in [0.05, 0.1) is 20.9 Å². The van der Waals surface area contributed by atoms with Crippen LogP contribution in [0.3, 0.4) is 0 Å². The number of fused-ring (bicyclic) bond motifs is 1. The summed E-state index contributed by atoms with van der Waals surface area (Å²) in [6, 6.07) is 7.78. The number of aromatic amines is 1. The minimum absolute atomic E-state index is 0.0742. The first-order valence-electron chi connectivity index (χ1n) is 8.01. The van der Waals surface area contributed by atoms with E-state index in [0.29, 0.717) is 41.1 Å². The molecular formula is C17H15BrN4O2S. The van der Waals surface area contributed by atoms with Gasteiger partial charge in [-0.25, -0.2) is 4.98 Å². The fourth-order valence-electron chi connectivity index (χ4n) is 3.08. The summed E-state index contributed by atoms with van der Waals surface area (Å²) in [4.78, 5) is 31.5. The summed E-state index contributed by atoms with van der Waals surface area (Å²) in [7, 11) is 0. The summed E-state index contributed by atoms with van der Waals surface area (Å²) in [5, 5.41) is 7.15. The lowest BCUT2D eigenvalue weighted by molar-refractivity contribution is 0.0645. The molecule has 1 N–H and O–H groups in total. The van der Waals surface area contributed by atoms with Crippen molar-refractivity contribution in [1.29, 1.82) is 0 Å². The molecule has 0 atom stereocenters. The molecule has 6 nitrogen and oxygen atoms in total. The molecule has 1 saturated heterocycles. The van der Waals surface area contributed by atoms with Crippen LogP contribution in [-0.2, 0) is 0 Å². The lowest BCUT2D eigenvalue weighted by atomic mass is 9.92. The molecule has 3 aromatic rings. The van der Waals surface area contributed by atoms with Crippen LogP contribution in [-0.4, -0.2) is 44.9 Å². The van der Waals surface area contributed by atoms with E-state index in [1.54, 1.807) is 11.1 Å². The molecule has 25 heavy (non-hydrogen) atoms. The number of ketones is 1. The Bertz CT molecular complexity index is 910. The summed E-state index contributed by atoms with van der Waals surface area (Å²) in [6.45, 7) is 1.12. The van der Waals surface area contributed by atoms with Gasteiger partial charge in [-0.2, -0.15) is 5.10 Å². The number of carbonyl (C=O) groups excluding carboxylic acids is 2. The number of carbonyl (C=O) groups is 2. The molecule has 128 valence electrons. The molecular weight excluding hydrogens is 404 g/mol. The summed E-state index contributed by atoms with van der Waals surface area (Å²) < 4.78 is 1.69. The lowest BCUT2D eigenvalue weighted by Gasteiger charge is -2.30. The average Bonchev–Trinajstić information content (AvgIpc) is 3.26. The number of thiazole rings is 1. The lowest BCUT2D eigenvalue weighted by Crippen LogP contribution is -2.40. The van der Waals surface area contributed by atoms with Crippen LogP contribution in [0, 0.1) is 5.92 Å². The first kappa shape index (κ1) is 16.4. The third-order valence-corrected chi connectivity index (χ3v) is 6.12. The highest BCUT2D eigenvalue weighted by Gasteiger charge is 2.30. The highest BCUT2D eigenvalue weighted by Crippen LogP contribution is 2.28. The van der Waals surface area contributed by atoms with Crippen LogP contribution in [0.4, 0.5) is 0 Å². The third-order valence-electron chi connectivity index (χ3n) is 4.46. The number of nitrogens with one attached hydrogen (secondary N) is 1. The highest BCUT2D eigenvalue weighted by atomic mass is 79.9. The number of halogens is 1. The van der Waals surface area contributed by atoms with Crippen molar-refractivity contribution in [1.82, 2.24) is 20.1 Å². The first-order valence-corrected chi connectivity index (χ1v) is 9.62. The zero-order chi connectivity index (χ0) is 17.4. The van der Waals surface area contributed by atoms with Crippen molar-refractivity contribution in [3.8, 4) is 0 Å². The second-order valence-corrected chi connectivity index (χ2v) is 7.90. The molecule has 3 heterocycles. The van der Waals surface area contributed by atoms with Crippen molar-refractivity contribution in [3.63, 3.8) is 0 Å². The van der Waals surface area contributed by atoms with Gasteiger partial charge in [-0.1, -0.05) is 12.1 Å². The number of benzene rings is 1. The number of H-pyrrole nitrogens is 1. The van der Waals surface area contributed by atoms with Gasteiger partial charge in [0.15, 0.2) is 10.8 Å². The van der Waals surface area contributed by atoms with Gasteiger partial charge in [0.25, 0.3) is 5.91 Å². The molecule has 4 rings (SSSR count). The standard InChI is InChI=1S/C17H15BrN4O2S/c18-11-9-19-21-14(11)17(24)22-7-5-10(6-8-22)15(23)16-20-12-3-1-2-4-13(12)25-16/h1-4,9-10H,5-8H2,(H,19,21). The Morgan fingerprint density at radius 1 is 1.24 bits per heavy atom. The van der Waals surface area contributed by atoms with Crippen LogP contribution in [0.15, 0.2) is 34.9 Å². The monoisotopic (exact) mass is 418 g/mol. The molecule has 1 aliphatic rings. The number of rotatable bonds is 3. The van der Waals surface area contributed by atoms with E-state index < -0.39 is 0 Å². The van der Waals surface area contributed by atoms with Gasteiger partial charge in [0.1, 0.15) is 5.69 Å². The van der Waals surface area contributed by atoms with Crippen molar-refractivity contribution in [3.05, 3.63) is 45.6 Å².